The van der Waals surface area contributed by atoms with Crippen molar-refractivity contribution in [1.82, 2.24) is 0 Å². The normalized spacial score (nSPS) is 11.9. The van der Waals surface area contributed by atoms with Gasteiger partial charge in [-0.25, -0.2) is 0 Å². The molecule has 0 saturated heterocycles. The zero-order chi connectivity index (χ0) is 18.2. The minimum absolute atomic E-state index is 1.18. The molecule has 0 bridgehead atoms. The van der Waals surface area contributed by atoms with Crippen LogP contribution in [-0.2, 0) is 6.42 Å². The molecular formula is C26H24S. The molecule has 0 aliphatic rings. The van der Waals surface area contributed by atoms with E-state index in [1.807, 2.05) is 11.3 Å². The topological polar surface area (TPSA) is 0 Å². The van der Waals surface area contributed by atoms with Crippen molar-refractivity contribution in [2.45, 2.75) is 39.0 Å². The molecule has 0 saturated carbocycles. The molecule has 1 heterocycles. The van der Waals surface area contributed by atoms with Gasteiger partial charge in [-0.1, -0.05) is 74.7 Å². The number of rotatable bonds is 5. The lowest BCUT2D eigenvalue weighted by atomic mass is 9.96. The van der Waals surface area contributed by atoms with Gasteiger partial charge in [0.1, 0.15) is 0 Å². The summed E-state index contributed by atoms with van der Waals surface area (Å²) < 4.78 is 2.91. The van der Waals surface area contributed by atoms with Crippen molar-refractivity contribution >= 4 is 53.1 Å². The largest absolute Gasteiger partial charge is 0.135 e. The average Bonchev–Trinajstić information content (AvgIpc) is 3.06. The highest BCUT2D eigenvalue weighted by molar-refractivity contribution is 7.26. The summed E-state index contributed by atoms with van der Waals surface area (Å²) >= 11 is 1.98. The quantitative estimate of drug-likeness (QED) is 0.273. The molecule has 5 rings (SSSR count). The number of aryl methyl sites for hydroxylation is 1. The molecule has 0 fully saturated rings. The van der Waals surface area contributed by atoms with Crippen LogP contribution in [0.5, 0.6) is 0 Å². The maximum Gasteiger partial charge on any atom is 0.0393 e. The van der Waals surface area contributed by atoms with Crippen molar-refractivity contribution in [2.75, 3.05) is 0 Å². The van der Waals surface area contributed by atoms with Crippen LogP contribution < -0.4 is 0 Å². The lowest BCUT2D eigenvalue weighted by Crippen LogP contribution is -1.89. The molecule has 4 aromatic carbocycles. The molecule has 1 heteroatoms. The SMILES string of the molecule is CCCCCCc1c2ccccc2cc2c1sc1cc3ccccc3cc12. The summed E-state index contributed by atoms with van der Waals surface area (Å²) in [6.45, 7) is 2.28. The number of thiophene rings is 1. The first kappa shape index (κ1) is 16.8. The van der Waals surface area contributed by atoms with E-state index in [-0.39, 0.29) is 0 Å². The van der Waals surface area contributed by atoms with Gasteiger partial charge in [-0.3, -0.25) is 0 Å². The predicted molar refractivity (Wildman–Crippen MR) is 122 cm³/mol. The minimum Gasteiger partial charge on any atom is -0.135 e. The van der Waals surface area contributed by atoms with E-state index in [4.69, 9.17) is 0 Å². The summed E-state index contributed by atoms with van der Waals surface area (Å²) in [5.74, 6) is 0. The van der Waals surface area contributed by atoms with Crippen molar-refractivity contribution in [1.29, 1.82) is 0 Å². The Labute approximate surface area is 164 Å². The van der Waals surface area contributed by atoms with Crippen molar-refractivity contribution in [3.63, 3.8) is 0 Å². The number of unbranched alkanes of at least 4 members (excludes halogenated alkanes) is 3. The Balaban J connectivity index is 1.78. The monoisotopic (exact) mass is 368 g/mol. The van der Waals surface area contributed by atoms with Crippen molar-refractivity contribution in [3.05, 3.63) is 72.3 Å². The summed E-state index contributed by atoms with van der Waals surface area (Å²) in [6.07, 6.45) is 6.43. The first-order valence-corrected chi connectivity index (χ1v) is 10.9. The van der Waals surface area contributed by atoms with Crippen LogP contribution in [0.15, 0.2) is 66.7 Å². The van der Waals surface area contributed by atoms with Crippen molar-refractivity contribution in [2.24, 2.45) is 0 Å². The highest BCUT2D eigenvalue weighted by Gasteiger charge is 2.13. The summed E-state index contributed by atoms with van der Waals surface area (Å²) in [5.41, 5.74) is 1.56. The van der Waals surface area contributed by atoms with E-state index in [0.29, 0.717) is 0 Å². The van der Waals surface area contributed by atoms with Crippen LogP contribution in [0, 0.1) is 0 Å². The molecule has 0 nitrogen and oxygen atoms in total. The number of hydrogen-bond donors (Lipinski definition) is 0. The summed E-state index contributed by atoms with van der Waals surface area (Å²) in [4.78, 5) is 0. The fraction of sp³-hybridized carbons (Fsp3) is 0.231. The van der Waals surface area contributed by atoms with Crippen molar-refractivity contribution < 1.29 is 0 Å². The van der Waals surface area contributed by atoms with Gasteiger partial charge in [0.15, 0.2) is 0 Å². The van der Waals surface area contributed by atoms with Gasteiger partial charge < -0.3 is 0 Å². The molecule has 0 aliphatic carbocycles. The second kappa shape index (κ2) is 6.98. The van der Waals surface area contributed by atoms with Crippen LogP contribution in [0.4, 0.5) is 0 Å². The Morgan fingerprint density at radius 2 is 1.37 bits per heavy atom. The molecule has 0 radical (unpaired) electrons. The zero-order valence-corrected chi connectivity index (χ0v) is 16.6. The molecule has 27 heavy (non-hydrogen) atoms. The van der Waals surface area contributed by atoms with E-state index in [9.17, 15) is 0 Å². The van der Waals surface area contributed by atoms with Gasteiger partial charge in [0.05, 0.1) is 0 Å². The predicted octanol–water partition coefficient (Wildman–Crippen LogP) is 8.48. The Morgan fingerprint density at radius 3 is 2.19 bits per heavy atom. The van der Waals surface area contributed by atoms with Crippen molar-refractivity contribution in [3.8, 4) is 0 Å². The van der Waals surface area contributed by atoms with Gasteiger partial charge in [0, 0.05) is 20.2 Å². The molecule has 5 aromatic rings. The standard InChI is InChI=1S/C26H24S/c1-2-3-4-5-14-22-21-13-9-8-12-20(21)16-24-23-15-18-10-6-7-11-19(18)17-25(23)27-26(22)24/h6-13,15-17H,2-5,14H2,1H3. The molecule has 0 aliphatic heterocycles. The first-order valence-electron chi connectivity index (χ1n) is 10.1. The van der Waals surface area contributed by atoms with E-state index < -0.39 is 0 Å². The van der Waals surface area contributed by atoms with Gasteiger partial charge in [-0.2, -0.15) is 0 Å². The van der Waals surface area contributed by atoms with Crippen LogP contribution in [0.3, 0.4) is 0 Å². The number of fused-ring (bicyclic) bond motifs is 5. The van der Waals surface area contributed by atoms with Crippen LogP contribution in [0.25, 0.3) is 41.7 Å². The molecule has 0 atom stereocenters. The second-order valence-corrected chi connectivity index (χ2v) is 8.61. The lowest BCUT2D eigenvalue weighted by Gasteiger charge is -2.09. The van der Waals surface area contributed by atoms with Gasteiger partial charge in [0.25, 0.3) is 0 Å². The summed E-state index contributed by atoms with van der Waals surface area (Å²) in [5, 5.41) is 8.34. The summed E-state index contributed by atoms with van der Waals surface area (Å²) in [7, 11) is 0. The van der Waals surface area contributed by atoms with E-state index >= 15 is 0 Å². The third-order valence-corrected chi connectivity index (χ3v) is 6.96. The van der Waals surface area contributed by atoms with Gasteiger partial charge in [-0.05, 0) is 58.1 Å². The van der Waals surface area contributed by atoms with E-state index in [0.717, 1.165) is 0 Å². The maximum atomic E-state index is 2.41. The fourth-order valence-electron chi connectivity index (χ4n) is 4.32. The molecule has 1 aromatic heterocycles. The van der Waals surface area contributed by atoms with Gasteiger partial charge in [-0.15, -0.1) is 11.3 Å². The fourth-order valence-corrected chi connectivity index (χ4v) is 5.62. The van der Waals surface area contributed by atoms with E-state index in [1.54, 1.807) is 5.56 Å². The van der Waals surface area contributed by atoms with Crippen LogP contribution >= 0.6 is 11.3 Å². The Kier molecular flexibility index (Phi) is 4.33. The van der Waals surface area contributed by atoms with Crippen LogP contribution in [0.2, 0.25) is 0 Å². The molecule has 0 unspecified atom stereocenters. The van der Waals surface area contributed by atoms with E-state index in [1.165, 1.54) is 73.8 Å². The smallest absolute Gasteiger partial charge is 0.0393 e. The van der Waals surface area contributed by atoms with Gasteiger partial charge >= 0.3 is 0 Å². The Bertz CT molecular complexity index is 1260. The zero-order valence-electron chi connectivity index (χ0n) is 15.8. The van der Waals surface area contributed by atoms with Crippen LogP contribution in [-0.4, -0.2) is 0 Å². The third-order valence-electron chi connectivity index (χ3n) is 5.73. The molecular weight excluding hydrogens is 344 g/mol. The molecule has 134 valence electrons. The Hall–Kier alpha value is -2.38. The average molecular weight is 369 g/mol. The maximum absolute atomic E-state index is 2.41. The number of benzene rings is 4. The highest BCUT2D eigenvalue weighted by Crippen LogP contribution is 2.41. The second-order valence-electron chi connectivity index (χ2n) is 7.56. The first-order chi connectivity index (χ1) is 13.3. The summed E-state index contributed by atoms with van der Waals surface area (Å²) in [6, 6.07) is 24.8. The Morgan fingerprint density at radius 1 is 0.667 bits per heavy atom. The van der Waals surface area contributed by atoms with E-state index in [2.05, 4.69) is 73.7 Å². The third kappa shape index (κ3) is 2.91. The minimum atomic E-state index is 1.18. The number of hydrogen-bond acceptors (Lipinski definition) is 1. The van der Waals surface area contributed by atoms with Gasteiger partial charge in [0.2, 0.25) is 0 Å². The van der Waals surface area contributed by atoms with Crippen LogP contribution in [0.1, 0.15) is 38.2 Å². The molecule has 0 spiro atoms. The molecule has 0 N–H and O–H groups in total. The lowest BCUT2D eigenvalue weighted by molar-refractivity contribution is 0.670. The molecule has 0 amide bonds. The highest BCUT2D eigenvalue weighted by atomic mass is 32.1.